The molecule has 0 aliphatic heterocycles. The Morgan fingerprint density at radius 2 is 2.27 bits per heavy atom. The number of aliphatic hydroxyl groups excluding tert-OH is 1. The lowest BCUT2D eigenvalue weighted by molar-refractivity contribution is 0.131. The molecule has 6 nitrogen and oxygen atoms in total. The predicted molar refractivity (Wildman–Crippen MR) is 54.1 cm³/mol. The highest BCUT2D eigenvalue weighted by atomic mass is 35.5. The number of carbonyl (C=O) groups excluding carboxylic acids is 1. The predicted octanol–water partition coefficient (Wildman–Crippen LogP) is 1.32. The van der Waals surface area contributed by atoms with Crippen molar-refractivity contribution in [3.8, 4) is 0 Å². The Hall–Kier alpha value is -1.11. The Morgan fingerprint density at radius 1 is 1.53 bits per heavy atom. The Kier molecular flexibility index (Phi) is 4.54. The summed E-state index contributed by atoms with van der Waals surface area (Å²) in [4.78, 5) is 18.3. The number of halogens is 2. The van der Waals surface area contributed by atoms with E-state index in [0.717, 1.165) is 6.33 Å². The standard InChI is InChI=1S/C7H7Cl2N3O3/c8-4-5(9)10-3-11-6(4)12-7(14)15-2-1-13/h3,13H,1-2H2,(H,10,11,12,14). The highest BCUT2D eigenvalue weighted by molar-refractivity contribution is 6.42. The Morgan fingerprint density at radius 3 is 2.93 bits per heavy atom. The topological polar surface area (TPSA) is 84.3 Å². The molecule has 1 heterocycles. The highest BCUT2D eigenvalue weighted by Gasteiger charge is 2.10. The van der Waals surface area contributed by atoms with Gasteiger partial charge in [0.05, 0.1) is 6.61 Å². The third kappa shape index (κ3) is 3.50. The van der Waals surface area contributed by atoms with Crippen LogP contribution in [0, 0.1) is 0 Å². The average molecular weight is 252 g/mol. The molecular weight excluding hydrogens is 245 g/mol. The third-order valence-corrected chi connectivity index (χ3v) is 2.03. The summed E-state index contributed by atoms with van der Waals surface area (Å²) in [6.45, 7) is -0.367. The molecule has 1 rings (SSSR count). The van der Waals surface area contributed by atoms with Crippen molar-refractivity contribution in [1.82, 2.24) is 9.97 Å². The zero-order valence-electron chi connectivity index (χ0n) is 7.41. The molecule has 0 atom stereocenters. The van der Waals surface area contributed by atoms with E-state index in [-0.39, 0.29) is 29.2 Å². The van der Waals surface area contributed by atoms with Gasteiger partial charge >= 0.3 is 6.09 Å². The molecular formula is C7H7Cl2N3O3. The van der Waals surface area contributed by atoms with Crippen molar-refractivity contribution >= 4 is 35.1 Å². The zero-order chi connectivity index (χ0) is 11.3. The molecule has 0 spiro atoms. The molecule has 0 aromatic carbocycles. The number of nitrogens with zero attached hydrogens (tertiary/aromatic N) is 2. The summed E-state index contributed by atoms with van der Waals surface area (Å²) in [5.74, 6) is 0.0552. The van der Waals surface area contributed by atoms with Crippen molar-refractivity contribution in [1.29, 1.82) is 0 Å². The largest absolute Gasteiger partial charge is 0.447 e. The fourth-order valence-electron chi connectivity index (χ4n) is 0.707. The molecule has 2 N–H and O–H groups in total. The number of ether oxygens (including phenoxy) is 1. The number of aromatic nitrogens is 2. The van der Waals surface area contributed by atoms with Crippen LogP contribution in [0.2, 0.25) is 10.2 Å². The van der Waals surface area contributed by atoms with E-state index in [1.807, 2.05) is 0 Å². The van der Waals surface area contributed by atoms with Gasteiger partial charge in [-0.3, -0.25) is 5.32 Å². The SMILES string of the molecule is O=C(Nc1ncnc(Cl)c1Cl)OCCO. The van der Waals surface area contributed by atoms with Gasteiger partial charge in [0.1, 0.15) is 18.0 Å². The smallest absolute Gasteiger partial charge is 0.412 e. The summed E-state index contributed by atoms with van der Waals surface area (Å²) in [5, 5.41) is 10.7. The van der Waals surface area contributed by atoms with Crippen molar-refractivity contribution in [2.45, 2.75) is 0 Å². The molecule has 0 unspecified atom stereocenters. The van der Waals surface area contributed by atoms with E-state index in [1.54, 1.807) is 0 Å². The van der Waals surface area contributed by atoms with Crippen LogP contribution in [-0.4, -0.2) is 34.4 Å². The van der Waals surface area contributed by atoms with E-state index in [2.05, 4.69) is 20.0 Å². The van der Waals surface area contributed by atoms with Crippen LogP contribution in [0.5, 0.6) is 0 Å². The van der Waals surface area contributed by atoms with Gasteiger partial charge in [0.25, 0.3) is 0 Å². The molecule has 0 aliphatic rings. The van der Waals surface area contributed by atoms with Gasteiger partial charge in [-0.15, -0.1) is 0 Å². The molecule has 15 heavy (non-hydrogen) atoms. The fraction of sp³-hybridized carbons (Fsp3) is 0.286. The molecule has 1 amide bonds. The van der Waals surface area contributed by atoms with E-state index in [0.29, 0.717) is 0 Å². The van der Waals surface area contributed by atoms with Crippen molar-refractivity contribution in [2.75, 3.05) is 18.5 Å². The Bertz CT molecular complexity index is 361. The number of rotatable bonds is 3. The van der Waals surface area contributed by atoms with E-state index in [4.69, 9.17) is 28.3 Å². The quantitative estimate of drug-likeness (QED) is 0.792. The molecule has 0 saturated carbocycles. The van der Waals surface area contributed by atoms with Gasteiger partial charge in [0, 0.05) is 0 Å². The Balaban J connectivity index is 2.64. The minimum absolute atomic E-state index is 0.0279. The first-order valence-electron chi connectivity index (χ1n) is 3.85. The van der Waals surface area contributed by atoms with Crippen LogP contribution in [0.15, 0.2) is 6.33 Å². The number of hydrogen-bond acceptors (Lipinski definition) is 5. The second-order valence-electron chi connectivity index (χ2n) is 2.31. The Labute approximate surface area is 95.2 Å². The number of carbonyl (C=O) groups is 1. The van der Waals surface area contributed by atoms with Gasteiger partial charge in [-0.2, -0.15) is 0 Å². The molecule has 8 heteroatoms. The van der Waals surface area contributed by atoms with E-state index in [1.165, 1.54) is 0 Å². The van der Waals surface area contributed by atoms with Gasteiger partial charge in [0.15, 0.2) is 11.0 Å². The number of hydrogen-bond donors (Lipinski definition) is 2. The molecule has 1 aromatic rings. The van der Waals surface area contributed by atoms with Gasteiger partial charge in [-0.1, -0.05) is 23.2 Å². The van der Waals surface area contributed by atoms with E-state index < -0.39 is 6.09 Å². The van der Waals surface area contributed by atoms with E-state index >= 15 is 0 Å². The second kappa shape index (κ2) is 5.69. The van der Waals surface area contributed by atoms with Gasteiger partial charge in [-0.05, 0) is 0 Å². The number of anilines is 1. The number of amides is 1. The second-order valence-corrected chi connectivity index (χ2v) is 3.05. The molecule has 1 aromatic heterocycles. The average Bonchev–Trinajstić information content (AvgIpc) is 2.22. The molecule has 0 fully saturated rings. The van der Waals surface area contributed by atoms with Gasteiger partial charge in [0.2, 0.25) is 0 Å². The highest BCUT2D eigenvalue weighted by Crippen LogP contribution is 2.25. The third-order valence-electron chi connectivity index (χ3n) is 1.29. The zero-order valence-corrected chi connectivity index (χ0v) is 8.92. The number of nitrogens with one attached hydrogen (secondary N) is 1. The summed E-state index contributed by atoms with van der Waals surface area (Å²) < 4.78 is 4.53. The summed E-state index contributed by atoms with van der Waals surface area (Å²) in [7, 11) is 0. The minimum atomic E-state index is -0.777. The first-order chi connectivity index (χ1) is 7.15. The maximum Gasteiger partial charge on any atom is 0.412 e. The minimum Gasteiger partial charge on any atom is -0.447 e. The lowest BCUT2D eigenvalue weighted by Crippen LogP contribution is -2.17. The maximum absolute atomic E-state index is 11.0. The first kappa shape index (κ1) is 12.0. The molecule has 0 aliphatic carbocycles. The van der Waals surface area contributed by atoms with Crippen molar-refractivity contribution in [3.05, 3.63) is 16.5 Å². The van der Waals surface area contributed by atoms with Crippen LogP contribution in [0.25, 0.3) is 0 Å². The van der Waals surface area contributed by atoms with Crippen LogP contribution in [-0.2, 0) is 4.74 Å². The van der Waals surface area contributed by atoms with Crippen LogP contribution in [0.1, 0.15) is 0 Å². The maximum atomic E-state index is 11.0. The van der Waals surface area contributed by atoms with Crippen LogP contribution in [0.3, 0.4) is 0 Å². The summed E-state index contributed by atoms with van der Waals surface area (Å²) >= 11 is 11.3. The van der Waals surface area contributed by atoms with Crippen LogP contribution < -0.4 is 5.32 Å². The molecule has 0 radical (unpaired) electrons. The normalized spacial score (nSPS) is 9.80. The van der Waals surface area contributed by atoms with Gasteiger partial charge in [-0.25, -0.2) is 14.8 Å². The van der Waals surface area contributed by atoms with E-state index in [9.17, 15) is 4.79 Å². The van der Waals surface area contributed by atoms with Crippen molar-refractivity contribution in [2.24, 2.45) is 0 Å². The van der Waals surface area contributed by atoms with Crippen molar-refractivity contribution in [3.63, 3.8) is 0 Å². The van der Waals surface area contributed by atoms with Crippen molar-refractivity contribution < 1.29 is 14.6 Å². The lowest BCUT2D eigenvalue weighted by atomic mass is 10.6. The lowest BCUT2D eigenvalue weighted by Gasteiger charge is -2.06. The fourth-order valence-corrected chi connectivity index (χ4v) is 0.985. The van der Waals surface area contributed by atoms with Crippen LogP contribution in [0.4, 0.5) is 10.6 Å². The molecule has 82 valence electrons. The molecule has 0 bridgehead atoms. The first-order valence-corrected chi connectivity index (χ1v) is 4.61. The van der Waals surface area contributed by atoms with Gasteiger partial charge < -0.3 is 9.84 Å². The van der Waals surface area contributed by atoms with Crippen LogP contribution >= 0.6 is 23.2 Å². The monoisotopic (exact) mass is 251 g/mol. The summed E-state index contributed by atoms with van der Waals surface area (Å²) in [6, 6.07) is 0. The summed E-state index contributed by atoms with van der Waals surface area (Å²) in [6.07, 6.45) is 0.372. The summed E-state index contributed by atoms with van der Waals surface area (Å²) in [5.41, 5.74) is 0. The number of aliphatic hydroxyl groups is 1. The molecule has 0 saturated heterocycles.